The lowest BCUT2D eigenvalue weighted by atomic mass is 10.1. The largest absolute Gasteiger partial charge is 0.390 e. The number of rotatable bonds is 3. The minimum Gasteiger partial charge on any atom is -0.353 e. The average Bonchev–Trinajstić information content (AvgIpc) is 2.66. The fourth-order valence-electron chi connectivity index (χ4n) is 2.27. The van der Waals surface area contributed by atoms with Gasteiger partial charge in [-0.25, -0.2) is 0 Å². The van der Waals surface area contributed by atoms with Gasteiger partial charge < -0.3 is 15.2 Å². The van der Waals surface area contributed by atoms with Crippen molar-refractivity contribution < 1.29 is 18.0 Å². The van der Waals surface area contributed by atoms with Crippen LogP contribution in [0.15, 0.2) is 6.20 Å². The Morgan fingerprint density at radius 3 is 2.95 bits per heavy atom. The maximum atomic E-state index is 12.0. The lowest BCUT2D eigenvalue weighted by Crippen LogP contribution is -2.30. The number of nitrogens with zero attached hydrogens (tertiary/aromatic N) is 1. The number of hydrogen-bond acceptors (Lipinski definition) is 2. The molecule has 2 N–H and O–H groups in total. The summed E-state index contributed by atoms with van der Waals surface area (Å²) in [5, 5.41) is 5.48. The van der Waals surface area contributed by atoms with Crippen LogP contribution in [0.25, 0.3) is 0 Å². The smallest absolute Gasteiger partial charge is 0.353 e. The highest BCUT2D eigenvalue weighted by Crippen LogP contribution is 2.21. The predicted molar refractivity (Wildman–Crippen MR) is 63.8 cm³/mol. The van der Waals surface area contributed by atoms with Gasteiger partial charge in [-0.2, -0.15) is 13.2 Å². The number of halogens is 3. The van der Waals surface area contributed by atoms with Crippen molar-refractivity contribution in [3.05, 3.63) is 23.0 Å². The van der Waals surface area contributed by atoms with Crippen LogP contribution in [-0.4, -0.2) is 29.7 Å². The summed E-state index contributed by atoms with van der Waals surface area (Å²) >= 11 is 0. The highest BCUT2D eigenvalue weighted by molar-refractivity contribution is 5.96. The van der Waals surface area contributed by atoms with Gasteiger partial charge in [0.05, 0.1) is 12.0 Å². The van der Waals surface area contributed by atoms with Gasteiger partial charge in [0.2, 0.25) is 0 Å². The fourth-order valence-corrected chi connectivity index (χ4v) is 2.27. The second-order valence-corrected chi connectivity index (χ2v) is 4.63. The van der Waals surface area contributed by atoms with E-state index in [4.69, 9.17) is 0 Å². The third-order valence-electron chi connectivity index (χ3n) is 3.20. The summed E-state index contributed by atoms with van der Waals surface area (Å²) in [5.74, 6) is -0.440. The molecule has 1 aliphatic rings. The molecule has 0 spiro atoms. The van der Waals surface area contributed by atoms with Crippen LogP contribution in [0.1, 0.15) is 28.0 Å². The Morgan fingerprint density at radius 2 is 2.26 bits per heavy atom. The highest BCUT2D eigenvalue weighted by Gasteiger charge is 2.27. The maximum Gasteiger partial charge on any atom is 0.390 e. The molecule has 1 aromatic heterocycles. The molecule has 2 rings (SSSR count). The lowest BCUT2D eigenvalue weighted by molar-refractivity contribution is -0.132. The van der Waals surface area contributed by atoms with E-state index in [-0.39, 0.29) is 6.54 Å². The van der Waals surface area contributed by atoms with E-state index in [9.17, 15) is 18.0 Å². The standard InChI is InChI=1S/C12H16F3N3O/c1-18-7-9(8-6-16-4-2-10(8)18)11(19)17-5-3-12(13,14)15/h7,16H,2-6H2,1H3,(H,17,19). The number of carbonyl (C=O) groups is 1. The van der Waals surface area contributed by atoms with Crippen LogP contribution < -0.4 is 10.6 Å². The monoisotopic (exact) mass is 275 g/mol. The van der Waals surface area contributed by atoms with Crippen molar-refractivity contribution in [2.45, 2.75) is 25.6 Å². The van der Waals surface area contributed by atoms with Crippen molar-refractivity contribution in [2.24, 2.45) is 7.05 Å². The molecule has 0 fully saturated rings. The number of alkyl halides is 3. The van der Waals surface area contributed by atoms with Crippen molar-refractivity contribution in [3.8, 4) is 0 Å². The molecule has 4 nitrogen and oxygen atoms in total. The molecule has 0 saturated carbocycles. The van der Waals surface area contributed by atoms with E-state index in [2.05, 4.69) is 10.6 Å². The normalized spacial score (nSPS) is 15.2. The molecule has 0 unspecified atom stereocenters. The Balaban J connectivity index is 2.04. The third kappa shape index (κ3) is 3.28. The van der Waals surface area contributed by atoms with Gasteiger partial charge in [-0.1, -0.05) is 0 Å². The Hall–Kier alpha value is -1.50. The lowest BCUT2D eigenvalue weighted by Gasteiger charge is -2.15. The van der Waals surface area contributed by atoms with Crippen LogP contribution in [0, 0.1) is 0 Å². The average molecular weight is 275 g/mol. The van der Waals surface area contributed by atoms with Crippen LogP contribution in [-0.2, 0) is 20.0 Å². The molecule has 1 amide bonds. The van der Waals surface area contributed by atoms with Crippen molar-refractivity contribution in [1.29, 1.82) is 0 Å². The van der Waals surface area contributed by atoms with Crippen LogP contribution in [0.3, 0.4) is 0 Å². The molecule has 0 radical (unpaired) electrons. The van der Waals surface area contributed by atoms with Crippen LogP contribution >= 0.6 is 0 Å². The SMILES string of the molecule is Cn1cc(C(=O)NCCC(F)(F)F)c2c1CCNC2. The summed E-state index contributed by atoms with van der Waals surface area (Å²) in [6.07, 6.45) is -2.75. The van der Waals surface area contributed by atoms with E-state index in [0.717, 1.165) is 24.2 Å². The molecule has 19 heavy (non-hydrogen) atoms. The first-order chi connectivity index (χ1) is 8.88. The second-order valence-electron chi connectivity index (χ2n) is 4.63. The molecule has 1 aliphatic heterocycles. The van der Waals surface area contributed by atoms with E-state index in [1.54, 1.807) is 6.20 Å². The minimum absolute atomic E-state index is 0.389. The van der Waals surface area contributed by atoms with E-state index >= 15 is 0 Å². The van der Waals surface area contributed by atoms with Gasteiger partial charge in [0.1, 0.15) is 0 Å². The predicted octanol–water partition coefficient (Wildman–Crippen LogP) is 1.35. The van der Waals surface area contributed by atoms with Crippen molar-refractivity contribution in [1.82, 2.24) is 15.2 Å². The van der Waals surface area contributed by atoms with Crippen molar-refractivity contribution in [2.75, 3.05) is 13.1 Å². The molecule has 0 saturated heterocycles. The first-order valence-corrected chi connectivity index (χ1v) is 6.11. The van der Waals surface area contributed by atoms with Crippen molar-refractivity contribution >= 4 is 5.91 Å². The number of amides is 1. The van der Waals surface area contributed by atoms with Gasteiger partial charge in [0.25, 0.3) is 5.91 Å². The Labute approximate surface area is 109 Å². The molecule has 7 heteroatoms. The quantitative estimate of drug-likeness (QED) is 0.875. The van der Waals surface area contributed by atoms with Gasteiger partial charge in [-0.15, -0.1) is 0 Å². The number of fused-ring (bicyclic) bond motifs is 1. The van der Waals surface area contributed by atoms with Gasteiger partial charge in [0, 0.05) is 45.0 Å². The first kappa shape index (κ1) is 13.9. The summed E-state index contributed by atoms with van der Waals surface area (Å²) in [4.78, 5) is 11.9. The Kier molecular flexibility index (Phi) is 3.84. The fraction of sp³-hybridized carbons (Fsp3) is 0.583. The topological polar surface area (TPSA) is 46.1 Å². The van der Waals surface area contributed by atoms with Crippen LogP contribution in [0.5, 0.6) is 0 Å². The molecule has 2 heterocycles. The molecular weight excluding hydrogens is 259 g/mol. The van der Waals surface area contributed by atoms with Gasteiger partial charge in [-0.3, -0.25) is 4.79 Å². The zero-order valence-corrected chi connectivity index (χ0v) is 10.6. The molecule has 0 atom stereocenters. The van der Waals surface area contributed by atoms with E-state index in [0.29, 0.717) is 12.1 Å². The molecule has 0 aromatic carbocycles. The minimum atomic E-state index is -4.25. The molecular formula is C12H16F3N3O. The summed E-state index contributed by atoms with van der Waals surface area (Å²) < 4.78 is 37.9. The van der Waals surface area contributed by atoms with Gasteiger partial charge in [0.15, 0.2) is 0 Å². The van der Waals surface area contributed by atoms with Crippen LogP contribution in [0.2, 0.25) is 0 Å². The summed E-state index contributed by atoms with van der Waals surface area (Å²) in [6, 6.07) is 0. The number of hydrogen-bond donors (Lipinski definition) is 2. The highest BCUT2D eigenvalue weighted by atomic mass is 19.4. The van der Waals surface area contributed by atoms with E-state index in [1.807, 2.05) is 11.6 Å². The zero-order chi connectivity index (χ0) is 14.0. The number of nitrogens with one attached hydrogen (secondary N) is 2. The van der Waals surface area contributed by atoms with E-state index < -0.39 is 18.5 Å². The zero-order valence-electron chi connectivity index (χ0n) is 10.6. The number of aromatic nitrogens is 1. The summed E-state index contributed by atoms with van der Waals surface area (Å²) in [5.41, 5.74) is 2.42. The van der Waals surface area contributed by atoms with Gasteiger partial charge in [-0.05, 0) is 5.56 Å². The third-order valence-corrected chi connectivity index (χ3v) is 3.20. The number of aryl methyl sites for hydroxylation is 1. The van der Waals surface area contributed by atoms with Crippen molar-refractivity contribution in [3.63, 3.8) is 0 Å². The number of carbonyl (C=O) groups excluding carboxylic acids is 1. The Morgan fingerprint density at radius 1 is 1.53 bits per heavy atom. The van der Waals surface area contributed by atoms with Gasteiger partial charge >= 0.3 is 6.18 Å². The Bertz CT molecular complexity index is 479. The molecule has 1 aromatic rings. The molecule has 0 bridgehead atoms. The molecule has 106 valence electrons. The maximum absolute atomic E-state index is 12.0. The van der Waals surface area contributed by atoms with Crippen LogP contribution in [0.4, 0.5) is 13.2 Å². The summed E-state index contributed by atoms with van der Waals surface area (Å²) in [6.45, 7) is 1.04. The van der Waals surface area contributed by atoms with E-state index in [1.165, 1.54) is 0 Å². The second kappa shape index (κ2) is 5.24. The first-order valence-electron chi connectivity index (χ1n) is 6.11. The summed E-state index contributed by atoms with van der Waals surface area (Å²) in [7, 11) is 1.84. The molecule has 0 aliphatic carbocycles.